The number of carboxylic acids is 1. The van der Waals surface area contributed by atoms with Crippen molar-refractivity contribution >= 4 is 69.4 Å². The molecule has 4 N–H and O–H groups in total. The van der Waals surface area contributed by atoms with Crippen molar-refractivity contribution in [1.29, 1.82) is 0 Å². The highest BCUT2D eigenvalue weighted by Crippen LogP contribution is 2.31. The van der Waals surface area contributed by atoms with Crippen LogP contribution in [0.15, 0.2) is 73.1 Å². The molecule has 6 rings (SSSR count). The minimum atomic E-state index is -1.35. The van der Waals surface area contributed by atoms with Gasteiger partial charge in [-0.1, -0.05) is 23.7 Å². The zero-order valence-electron chi connectivity index (χ0n) is 27.6. The van der Waals surface area contributed by atoms with Crippen molar-refractivity contribution in [3.05, 3.63) is 89.3 Å². The van der Waals surface area contributed by atoms with Gasteiger partial charge in [-0.2, -0.15) is 4.68 Å². The molecule has 0 saturated carbocycles. The first-order valence-electron chi connectivity index (χ1n) is 15.6. The Hall–Kier alpha value is -6.29. The number of benzene rings is 3. The van der Waals surface area contributed by atoms with Gasteiger partial charge in [0.1, 0.15) is 23.7 Å². The van der Waals surface area contributed by atoms with Gasteiger partial charge >= 0.3 is 23.9 Å². The Labute approximate surface area is 295 Å². The number of carboxylic acid groups (broad SMARTS) is 1. The summed E-state index contributed by atoms with van der Waals surface area (Å²) in [7, 11) is 0. The highest BCUT2D eigenvalue weighted by atomic mass is 35.5. The Kier molecular flexibility index (Phi) is 9.18. The molecular weight excluding hydrogens is 682 g/mol. The number of aromatic carboxylic acids is 1. The molecule has 1 aliphatic rings. The van der Waals surface area contributed by atoms with Crippen LogP contribution in [0.5, 0.6) is 0 Å². The Morgan fingerprint density at radius 2 is 1.73 bits per heavy atom. The lowest BCUT2D eigenvalue weighted by molar-refractivity contribution is -0.149. The van der Waals surface area contributed by atoms with E-state index in [1.807, 2.05) is 0 Å². The van der Waals surface area contributed by atoms with Crippen molar-refractivity contribution in [2.75, 3.05) is 29.0 Å². The molecule has 0 bridgehead atoms. The summed E-state index contributed by atoms with van der Waals surface area (Å²) < 4.78 is 7.71. The number of aromatic nitrogens is 5. The molecule has 5 aromatic rings. The second-order valence-electron chi connectivity index (χ2n) is 12.7. The molecule has 0 spiro atoms. The summed E-state index contributed by atoms with van der Waals surface area (Å²) in [6, 6.07) is 16.2. The van der Waals surface area contributed by atoms with E-state index in [2.05, 4.69) is 20.8 Å². The number of nitrogens with two attached hydrogens (primary N) is 1. The molecular formula is C34H32ClN9O7. The number of fused-ring (bicyclic) bond motifs is 1. The van der Waals surface area contributed by atoms with Crippen LogP contribution in [-0.2, 0) is 25.5 Å². The van der Waals surface area contributed by atoms with Crippen LogP contribution in [-0.4, -0.2) is 89.3 Å². The van der Waals surface area contributed by atoms with E-state index in [1.54, 1.807) is 57.2 Å². The number of tetrazole rings is 1. The number of piperazine rings is 1. The molecule has 1 aliphatic heterocycles. The van der Waals surface area contributed by atoms with Gasteiger partial charge in [0.15, 0.2) is 0 Å². The Morgan fingerprint density at radius 3 is 2.39 bits per heavy atom. The molecule has 0 radical (unpaired) electrons. The number of carbonyl (C=O) groups is 5. The first kappa shape index (κ1) is 34.6. The fourth-order valence-electron chi connectivity index (χ4n) is 5.76. The Balaban J connectivity index is 1.30. The van der Waals surface area contributed by atoms with Gasteiger partial charge in [0.05, 0.1) is 16.9 Å². The smallest absolute Gasteiger partial charge is 0.419 e. The molecule has 2 aromatic heterocycles. The zero-order valence-corrected chi connectivity index (χ0v) is 28.4. The molecule has 3 heterocycles. The molecule has 16 nitrogen and oxygen atoms in total. The molecule has 262 valence electrons. The molecule has 51 heavy (non-hydrogen) atoms. The molecule has 1 fully saturated rings. The van der Waals surface area contributed by atoms with E-state index < -0.39 is 41.4 Å². The number of ether oxygens (including phenoxy) is 1. The van der Waals surface area contributed by atoms with E-state index in [9.17, 15) is 29.1 Å². The molecule has 1 saturated heterocycles. The maximum absolute atomic E-state index is 14.1. The summed E-state index contributed by atoms with van der Waals surface area (Å²) >= 11 is 6.27. The van der Waals surface area contributed by atoms with E-state index >= 15 is 0 Å². The highest BCUT2D eigenvalue weighted by Gasteiger charge is 2.41. The average molecular weight is 714 g/mol. The number of halogens is 1. The highest BCUT2D eigenvalue weighted by molar-refractivity contribution is 6.41. The van der Waals surface area contributed by atoms with Crippen molar-refractivity contribution in [3.8, 4) is 5.69 Å². The quantitative estimate of drug-likeness (QED) is 0.156. The van der Waals surface area contributed by atoms with Gasteiger partial charge in [0, 0.05) is 41.3 Å². The Bertz CT molecular complexity index is 2180. The van der Waals surface area contributed by atoms with Crippen LogP contribution >= 0.6 is 11.6 Å². The van der Waals surface area contributed by atoms with Crippen molar-refractivity contribution in [3.63, 3.8) is 0 Å². The van der Waals surface area contributed by atoms with E-state index in [0.717, 1.165) is 4.57 Å². The van der Waals surface area contributed by atoms with Gasteiger partial charge in [0.25, 0.3) is 0 Å². The summed E-state index contributed by atoms with van der Waals surface area (Å²) in [5.74, 6) is -3.77. The van der Waals surface area contributed by atoms with Gasteiger partial charge in [-0.3, -0.25) is 14.4 Å². The van der Waals surface area contributed by atoms with E-state index in [-0.39, 0.29) is 36.4 Å². The SMILES string of the molecule is CC(C)(C)OC(=O)n1c(C(=O)O)cc2cc(NC(=O)C(Cc3ccc(N)cc3)N3CCN(c4cc(Cl)ccc4-n4cnnn4)C(=O)C3=O)ccc21. The van der Waals surface area contributed by atoms with Crippen molar-refractivity contribution < 1.29 is 33.8 Å². The number of nitrogen functional groups attached to an aromatic ring is 1. The number of hydrogen-bond donors (Lipinski definition) is 3. The summed E-state index contributed by atoms with van der Waals surface area (Å²) in [5, 5.41) is 24.5. The molecule has 1 unspecified atom stereocenters. The summed E-state index contributed by atoms with van der Waals surface area (Å²) in [6.45, 7) is 4.99. The molecule has 3 aromatic carbocycles. The normalized spacial score (nSPS) is 14.1. The monoisotopic (exact) mass is 713 g/mol. The topological polar surface area (TPSA) is 208 Å². The fraction of sp³-hybridized carbons (Fsp3) is 0.235. The number of anilines is 3. The molecule has 3 amide bonds. The predicted molar refractivity (Wildman–Crippen MR) is 186 cm³/mol. The minimum absolute atomic E-state index is 0.0149. The average Bonchev–Trinajstić information content (AvgIpc) is 3.74. The van der Waals surface area contributed by atoms with Crippen molar-refractivity contribution in [2.45, 2.75) is 38.8 Å². The summed E-state index contributed by atoms with van der Waals surface area (Å²) in [5.41, 5.74) is 7.08. The van der Waals surface area contributed by atoms with Gasteiger partial charge < -0.3 is 30.7 Å². The van der Waals surface area contributed by atoms with Gasteiger partial charge in [-0.05, 0) is 91.4 Å². The van der Waals surface area contributed by atoms with Crippen LogP contribution < -0.4 is 16.0 Å². The molecule has 17 heteroatoms. The van der Waals surface area contributed by atoms with E-state index in [4.69, 9.17) is 22.1 Å². The minimum Gasteiger partial charge on any atom is -0.477 e. The third kappa shape index (κ3) is 7.21. The van der Waals surface area contributed by atoms with Crippen molar-refractivity contribution in [2.24, 2.45) is 0 Å². The Morgan fingerprint density at radius 1 is 0.980 bits per heavy atom. The number of nitrogens with one attached hydrogen (secondary N) is 1. The second kappa shape index (κ2) is 13.5. The van der Waals surface area contributed by atoms with Gasteiger partial charge in [-0.15, -0.1) is 5.10 Å². The maximum atomic E-state index is 14.1. The lowest BCUT2D eigenvalue weighted by Crippen LogP contribution is -2.60. The van der Waals surface area contributed by atoms with Crippen LogP contribution in [0.3, 0.4) is 0 Å². The third-order valence-electron chi connectivity index (χ3n) is 8.03. The van der Waals surface area contributed by atoms with Crippen molar-refractivity contribution in [1.82, 2.24) is 29.7 Å². The van der Waals surface area contributed by atoms with Gasteiger partial charge in [0.2, 0.25) is 5.91 Å². The standard InChI is InChI=1S/C34H32ClN9O7/c1-34(2,3)51-33(50)44-24-11-9-23(15-20(24)16-28(44)32(48)49)38-29(45)27(14-19-4-7-22(36)8-5-19)42-13-12-41(30(46)31(42)47)26-17-21(35)6-10-25(26)43-18-37-39-40-43/h4-11,15-18,27H,12-14,36H2,1-3H3,(H,38,45)(H,48,49). The second-order valence-corrected chi connectivity index (χ2v) is 13.2. The number of carbonyl (C=O) groups excluding carboxylic acids is 4. The van der Waals surface area contributed by atoms with E-state index in [1.165, 1.54) is 51.1 Å². The lowest BCUT2D eigenvalue weighted by Gasteiger charge is -2.38. The number of nitrogens with zero attached hydrogens (tertiary/aromatic N) is 7. The predicted octanol–water partition coefficient (Wildman–Crippen LogP) is 3.76. The van der Waals surface area contributed by atoms with Crippen LogP contribution in [0.4, 0.5) is 21.9 Å². The van der Waals surface area contributed by atoms with Crippen LogP contribution in [0.25, 0.3) is 16.6 Å². The van der Waals surface area contributed by atoms with Crippen LogP contribution in [0, 0.1) is 0 Å². The summed E-state index contributed by atoms with van der Waals surface area (Å²) in [6.07, 6.45) is 0.508. The largest absolute Gasteiger partial charge is 0.477 e. The molecule has 1 atom stereocenters. The first-order valence-corrected chi connectivity index (χ1v) is 16.0. The van der Waals surface area contributed by atoms with Crippen LogP contribution in [0.1, 0.15) is 36.8 Å². The van der Waals surface area contributed by atoms with Gasteiger partial charge in [-0.25, -0.2) is 14.2 Å². The fourth-order valence-corrected chi connectivity index (χ4v) is 5.92. The number of hydrogen-bond acceptors (Lipinski definition) is 10. The van der Waals surface area contributed by atoms with E-state index in [0.29, 0.717) is 33.0 Å². The summed E-state index contributed by atoms with van der Waals surface area (Å²) in [4.78, 5) is 69.1. The zero-order chi connectivity index (χ0) is 36.6. The number of rotatable bonds is 8. The lowest BCUT2D eigenvalue weighted by atomic mass is 10.0. The van der Waals surface area contributed by atoms with Crippen LogP contribution in [0.2, 0.25) is 5.02 Å². The third-order valence-corrected chi connectivity index (χ3v) is 8.26. The first-order chi connectivity index (χ1) is 24.2. The number of amides is 3. The molecule has 0 aliphatic carbocycles. The maximum Gasteiger partial charge on any atom is 0.419 e.